The van der Waals surface area contributed by atoms with Crippen molar-refractivity contribution in [3.8, 4) is 0 Å². The Hall–Kier alpha value is -1.60. The summed E-state index contributed by atoms with van der Waals surface area (Å²) < 4.78 is 0. The predicted molar refractivity (Wildman–Crippen MR) is 93.4 cm³/mol. The van der Waals surface area contributed by atoms with Crippen molar-refractivity contribution in [2.45, 2.75) is 39.0 Å². The second kappa shape index (κ2) is 8.14. The van der Waals surface area contributed by atoms with Gasteiger partial charge in [0.05, 0.1) is 0 Å². The molecule has 0 aliphatic heterocycles. The summed E-state index contributed by atoms with van der Waals surface area (Å²) in [7, 11) is 0. The van der Waals surface area contributed by atoms with Crippen LogP contribution in [-0.2, 0) is 23.5 Å². The maximum absolute atomic E-state index is 12.3. The highest BCUT2D eigenvalue weighted by atomic mass is 35.5. The predicted octanol–water partition coefficient (Wildman–Crippen LogP) is 5.11. The minimum atomic E-state index is 0.0505. The third kappa shape index (κ3) is 4.71. The number of Topliss-reactive ketones (excluding diaryl/α,β-unsaturated/α-hetero) is 1. The number of halogens is 1. The van der Waals surface area contributed by atoms with Gasteiger partial charge in [-0.25, -0.2) is 0 Å². The molecule has 0 aliphatic carbocycles. The minimum Gasteiger partial charge on any atom is -0.299 e. The Morgan fingerprint density at radius 3 is 2.50 bits per heavy atom. The van der Waals surface area contributed by atoms with Crippen LogP contribution in [-0.4, -0.2) is 5.78 Å². The molecule has 0 radical (unpaired) electrons. The van der Waals surface area contributed by atoms with Crippen molar-refractivity contribution in [3.63, 3.8) is 0 Å². The van der Waals surface area contributed by atoms with Gasteiger partial charge in [0.15, 0.2) is 0 Å². The van der Waals surface area contributed by atoms with E-state index in [-0.39, 0.29) is 5.92 Å². The normalized spacial score (nSPS) is 12.1. The van der Waals surface area contributed by atoms with Crippen LogP contribution in [0.4, 0.5) is 0 Å². The largest absolute Gasteiger partial charge is 0.299 e. The van der Waals surface area contributed by atoms with Crippen molar-refractivity contribution in [2.75, 3.05) is 0 Å². The quantitative estimate of drug-likeness (QED) is 0.649. The zero-order chi connectivity index (χ0) is 15.9. The fraction of sp³-hybridized carbons (Fsp3) is 0.350. The number of hydrogen-bond acceptors (Lipinski definition) is 1. The Bertz CT molecular complexity index is 619. The molecular weight excluding hydrogens is 292 g/mol. The molecule has 1 unspecified atom stereocenters. The highest BCUT2D eigenvalue weighted by Crippen LogP contribution is 2.18. The van der Waals surface area contributed by atoms with Crippen molar-refractivity contribution in [3.05, 3.63) is 70.8 Å². The van der Waals surface area contributed by atoms with E-state index >= 15 is 0 Å². The van der Waals surface area contributed by atoms with Crippen molar-refractivity contribution in [2.24, 2.45) is 5.92 Å². The Morgan fingerprint density at radius 1 is 1.09 bits per heavy atom. The van der Waals surface area contributed by atoms with E-state index in [4.69, 9.17) is 11.6 Å². The highest BCUT2D eigenvalue weighted by molar-refractivity contribution is 6.17. The fourth-order valence-corrected chi connectivity index (χ4v) is 2.91. The molecule has 0 spiro atoms. The summed E-state index contributed by atoms with van der Waals surface area (Å²) in [6.07, 6.45) is 2.22. The molecular formula is C20H23ClO. The maximum Gasteiger partial charge on any atom is 0.136 e. The number of aryl methyl sites for hydroxylation is 2. The van der Waals surface area contributed by atoms with Crippen molar-refractivity contribution in [1.82, 2.24) is 0 Å². The lowest BCUT2D eigenvalue weighted by Crippen LogP contribution is -2.14. The van der Waals surface area contributed by atoms with Gasteiger partial charge < -0.3 is 0 Å². The molecule has 0 saturated heterocycles. The minimum absolute atomic E-state index is 0.0505. The topological polar surface area (TPSA) is 17.1 Å². The highest BCUT2D eigenvalue weighted by Gasteiger charge is 2.14. The molecule has 0 amide bonds. The molecule has 2 aromatic rings. The monoisotopic (exact) mass is 314 g/mol. The first-order valence-electron chi connectivity index (χ1n) is 7.81. The third-order valence-electron chi connectivity index (χ3n) is 4.15. The fourth-order valence-electron chi connectivity index (χ4n) is 2.62. The van der Waals surface area contributed by atoms with Gasteiger partial charge in [0.1, 0.15) is 5.78 Å². The number of ketones is 1. The van der Waals surface area contributed by atoms with E-state index in [1.807, 2.05) is 25.1 Å². The lowest BCUT2D eigenvalue weighted by Gasteiger charge is -2.12. The van der Waals surface area contributed by atoms with Crippen molar-refractivity contribution >= 4 is 17.4 Å². The first-order valence-corrected chi connectivity index (χ1v) is 8.34. The lowest BCUT2D eigenvalue weighted by molar-refractivity contribution is -0.122. The molecule has 1 atom stereocenters. The molecule has 0 bridgehead atoms. The lowest BCUT2D eigenvalue weighted by atomic mass is 9.92. The third-order valence-corrected chi connectivity index (χ3v) is 4.44. The molecule has 2 heteroatoms. The first-order chi connectivity index (χ1) is 10.6. The molecule has 2 aromatic carbocycles. The van der Waals surface area contributed by atoms with Crippen LogP contribution in [0.1, 0.15) is 35.6 Å². The van der Waals surface area contributed by atoms with Crippen LogP contribution in [0, 0.1) is 12.8 Å². The van der Waals surface area contributed by atoms with Crippen LogP contribution in [0.5, 0.6) is 0 Å². The molecule has 0 saturated carbocycles. The molecule has 0 aliphatic rings. The first kappa shape index (κ1) is 16.8. The standard InChI is InChI=1S/C20H23ClO/c1-15-8-9-18(13-19(15)14-21)12-16(2)20(22)11-10-17-6-4-3-5-7-17/h3-9,13,16H,10-12,14H2,1-2H3. The summed E-state index contributed by atoms with van der Waals surface area (Å²) in [4.78, 5) is 12.3. The van der Waals surface area contributed by atoms with Gasteiger partial charge >= 0.3 is 0 Å². The number of rotatable bonds is 7. The van der Waals surface area contributed by atoms with Gasteiger partial charge in [-0.05, 0) is 42.0 Å². The number of benzene rings is 2. The van der Waals surface area contributed by atoms with Gasteiger partial charge in [-0.15, -0.1) is 11.6 Å². The second-order valence-electron chi connectivity index (χ2n) is 5.95. The Morgan fingerprint density at radius 2 is 1.82 bits per heavy atom. The molecule has 22 heavy (non-hydrogen) atoms. The summed E-state index contributed by atoms with van der Waals surface area (Å²) in [5.41, 5.74) is 4.79. The van der Waals surface area contributed by atoms with Gasteiger partial charge in [0, 0.05) is 18.2 Å². The van der Waals surface area contributed by atoms with Crippen LogP contribution in [0.25, 0.3) is 0 Å². The van der Waals surface area contributed by atoms with E-state index in [1.165, 1.54) is 16.7 Å². The second-order valence-corrected chi connectivity index (χ2v) is 6.22. The van der Waals surface area contributed by atoms with Gasteiger partial charge in [0.2, 0.25) is 0 Å². The van der Waals surface area contributed by atoms with E-state index in [1.54, 1.807) is 0 Å². The van der Waals surface area contributed by atoms with E-state index < -0.39 is 0 Å². The van der Waals surface area contributed by atoms with Gasteiger partial charge in [-0.3, -0.25) is 4.79 Å². The summed E-state index contributed by atoms with van der Waals surface area (Å²) in [5, 5.41) is 0. The number of carbonyl (C=O) groups excluding carboxylic acids is 1. The SMILES string of the molecule is Cc1ccc(CC(C)C(=O)CCc2ccccc2)cc1CCl. The van der Waals surface area contributed by atoms with Crippen LogP contribution >= 0.6 is 11.6 Å². The summed E-state index contributed by atoms with van der Waals surface area (Å²) in [6, 6.07) is 16.5. The van der Waals surface area contributed by atoms with E-state index in [0.717, 1.165) is 18.4 Å². The van der Waals surface area contributed by atoms with E-state index in [2.05, 4.69) is 37.3 Å². The van der Waals surface area contributed by atoms with Crippen molar-refractivity contribution in [1.29, 1.82) is 0 Å². The van der Waals surface area contributed by atoms with Crippen molar-refractivity contribution < 1.29 is 4.79 Å². The molecule has 0 fully saturated rings. The Labute approximate surface area is 138 Å². The molecule has 0 heterocycles. The van der Waals surface area contributed by atoms with E-state index in [9.17, 15) is 4.79 Å². The zero-order valence-corrected chi connectivity index (χ0v) is 14.1. The number of alkyl halides is 1. The van der Waals surface area contributed by atoms with E-state index in [0.29, 0.717) is 18.1 Å². The summed E-state index contributed by atoms with van der Waals surface area (Å²) in [5.74, 6) is 0.905. The maximum atomic E-state index is 12.3. The van der Waals surface area contributed by atoms with Gasteiger partial charge in [0.25, 0.3) is 0 Å². The molecule has 1 nitrogen and oxygen atoms in total. The van der Waals surface area contributed by atoms with Gasteiger partial charge in [-0.1, -0.05) is 55.5 Å². The molecule has 0 N–H and O–H groups in total. The Kier molecular flexibility index (Phi) is 6.21. The average molecular weight is 315 g/mol. The molecule has 0 aromatic heterocycles. The molecule has 2 rings (SSSR count). The summed E-state index contributed by atoms with van der Waals surface area (Å²) >= 11 is 5.95. The van der Waals surface area contributed by atoms with Crippen LogP contribution in [0.2, 0.25) is 0 Å². The zero-order valence-electron chi connectivity index (χ0n) is 13.3. The smallest absolute Gasteiger partial charge is 0.136 e. The van der Waals surface area contributed by atoms with Crippen LogP contribution in [0.15, 0.2) is 48.5 Å². The van der Waals surface area contributed by atoms with Crippen LogP contribution < -0.4 is 0 Å². The average Bonchev–Trinajstić information content (AvgIpc) is 2.55. The summed E-state index contributed by atoms with van der Waals surface area (Å²) in [6.45, 7) is 4.09. The number of carbonyl (C=O) groups is 1. The van der Waals surface area contributed by atoms with Gasteiger partial charge in [-0.2, -0.15) is 0 Å². The van der Waals surface area contributed by atoms with Crippen LogP contribution in [0.3, 0.4) is 0 Å². The Balaban J connectivity index is 1.91. The molecule has 116 valence electrons. The number of hydrogen-bond donors (Lipinski definition) is 0.